The molecule has 0 atom stereocenters. The van der Waals surface area contributed by atoms with Crippen molar-refractivity contribution in [2.75, 3.05) is 18.5 Å². The minimum absolute atomic E-state index is 0.0322. The van der Waals surface area contributed by atoms with Crippen LogP contribution in [0.4, 0.5) is 10.1 Å². The molecule has 1 aromatic carbocycles. The maximum Gasteiger partial charge on any atom is 0.267 e. The molecule has 0 bridgehead atoms. The molecule has 0 unspecified atom stereocenters. The number of amides is 1. The number of nitriles is 1. The second kappa shape index (κ2) is 7.84. The van der Waals surface area contributed by atoms with Crippen LogP contribution in [0.5, 0.6) is 0 Å². The lowest BCUT2D eigenvalue weighted by atomic mass is 10.2. The van der Waals surface area contributed by atoms with Crippen LogP contribution in [0.1, 0.15) is 6.42 Å². The lowest BCUT2D eigenvalue weighted by Crippen LogP contribution is -2.17. The summed E-state index contributed by atoms with van der Waals surface area (Å²) in [6.45, 7) is 0.496. The molecular formula is C13H14FN3O2. The fraction of sp³-hybridized carbons (Fsp3) is 0.231. The first kappa shape index (κ1) is 14.7. The van der Waals surface area contributed by atoms with Crippen LogP contribution in [0.3, 0.4) is 0 Å². The number of anilines is 1. The topological polar surface area (TPSA) is 85.2 Å². The molecule has 0 radical (unpaired) electrons. The Morgan fingerprint density at radius 1 is 1.42 bits per heavy atom. The first-order chi connectivity index (χ1) is 9.17. The van der Waals surface area contributed by atoms with Gasteiger partial charge in [0, 0.05) is 25.0 Å². The molecule has 0 fully saturated rings. The van der Waals surface area contributed by atoms with E-state index in [2.05, 4.69) is 10.6 Å². The number of aliphatic hydroxyl groups is 1. The number of hydrogen-bond acceptors (Lipinski definition) is 4. The number of nitrogens with zero attached hydrogens (tertiary/aromatic N) is 1. The van der Waals surface area contributed by atoms with Crippen molar-refractivity contribution < 1.29 is 14.3 Å². The Kier molecular flexibility index (Phi) is 6.06. The molecular weight excluding hydrogens is 249 g/mol. The van der Waals surface area contributed by atoms with Gasteiger partial charge in [0.1, 0.15) is 17.5 Å². The van der Waals surface area contributed by atoms with E-state index in [0.29, 0.717) is 18.7 Å². The summed E-state index contributed by atoms with van der Waals surface area (Å²) in [5.41, 5.74) is 0.310. The number of hydrogen-bond donors (Lipinski definition) is 3. The van der Waals surface area contributed by atoms with Crippen LogP contribution in [0, 0.1) is 17.1 Å². The molecule has 3 N–H and O–H groups in total. The fourth-order valence-electron chi connectivity index (χ4n) is 1.24. The van der Waals surface area contributed by atoms with Crippen LogP contribution in [-0.2, 0) is 4.79 Å². The highest BCUT2D eigenvalue weighted by atomic mass is 19.1. The molecule has 0 aliphatic heterocycles. The van der Waals surface area contributed by atoms with E-state index in [1.165, 1.54) is 30.5 Å². The average Bonchev–Trinajstić information content (AvgIpc) is 2.41. The number of carbonyl (C=O) groups is 1. The van der Waals surface area contributed by atoms with E-state index >= 15 is 0 Å². The third kappa shape index (κ3) is 5.19. The second-order valence-corrected chi connectivity index (χ2v) is 3.66. The summed E-state index contributed by atoms with van der Waals surface area (Å²) in [4.78, 5) is 11.7. The summed E-state index contributed by atoms with van der Waals surface area (Å²) in [5.74, 6) is -0.981. The Balaban J connectivity index is 2.59. The zero-order chi connectivity index (χ0) is 14.1. The third-order valence-corrected chi connectivity index (χ3v) is 2.19. The largest absolute Gasteiger partial charge is 0.396 e. The van der Waals surface area contributed by atoms with Gasteiger partial charge >= 0.3 is 0 Å². The zero-order valence-electron chi connectivity index (χ0n) is 10.2. The average molecular weight is 263 g/mol. The second-order valence-electron chi connectivity index (χ2n) is 3.66. The minimum atomic E-state index is -0.578. The summed E-state index contributed by atoms with van der Waals surface area (Å²) in [6, 6.07) is 7.00. The van der Waals surface area contributed by atoms with Crippen LogP contribution >= 0.6 is 0 Å². The van der Waals surface area contributed by atoms with E-state index in [1.54, 1.807) is 6.07 Å². The van der Waals surface area contributed by atoms with E-state index in [1.807, 2.05) is 0 Å². The van der Waals surface area contributed by atoms with Gasteiger partial charge in [-0.1, -0.05) is 0 Å². The van der Waals surface area contributed by atoms with Crippen molar-refractivity contribution in [3.8, 4) is 6.07 Å². The number of carbonyl (C=O) groups excluding carboxylic acids is 1. The minimum Gasteiger partial charge on any atom is -0.396 e. The van der Waals surface area contributed by atoms with Crippen LogP contribution in [-0.4, -0.2) is 24.2 Å². The van der Waals surface area contributed by atoms with E-state index in [0.717, 1.165) is 0 Å². The molecule has 0 aliphatic carbocycles. The Bertz CT molecular complexity index is 492. The monoisotopic (exact) mass is 263 g/mol. The van der Waals surface area contributed by atoms with Crippen molar-refractivity contribution in [1.82, 2.24) is 5.32 Å². The quantitative estimate of drug-likeness (QED) is 0.408. The smallest absolute Gasteiger partial charge is 0.267 e. The molecule has 0 heterocycles. The van der Waals surface area contributed by atoms with E-state index in [9.17, 15) is 9.18 Å². The Morgan fingerprint density at radius 2 is 2.11 bits per heavy atom. The SMILES string of the molecule is N#C/C(=C/NCCCO)C(=O)Nc1ccc(F)cc1. The van der Waals surface area contributed by atoms with Crippen LogP contribution < -0.4 is 10.6 Å². The highest BCUT2D eigenvalue weighted by molar-refractivity contribution is 6.06. The van der Waals surface area contributed by atoms with Crippen LogP contribution in [0.2, 0.25) is 0 Å². The number of aliphatic hydroxyl groups excluding tert-OH is 1. The fourth-order valence-corrected chi connectivity index (χ4v) is 1.24. The molecule has 0 saturated carbocycles. The van der Waals surface area contributed by atoms with E-state index in [-0.39, 0.29) is 12.2 Å². The van der Waals surface area contributed by atoms with Crippen molar-refractivity contribution in [1.29, 1.82) is 5.26 Å². The summed E-state index contributed by atoms with van der Waals surface area (Å²) in [5, 5.41) is 22.6. The molecule has 0 aliphatic rings. The Hall–Kier alpha value is -2.39. The van der Waals surface area contributed by atoms with Crippen molar-refractivity contribution >= 4 is 11.6 Å². The molecule has 0 saturated heterocycles. The summed E-state index contributed by atoms with van der Waals surface area (Å²) in [6.07, 6.45) is 1.81. The van der Waals surface area contributed by atoms with Crippen LogP contribution in [0.15, 0.2) is 36.0 Å². The maximum absolute atomic E-state index is 12.7. The van der Waals surface area contributed by atoms with Crippen LogP contribution in [0.25, 0.3) is 0 Å². The molecule has 5 nitrogen and oxygen atoms in total. The Morgan fingerprint density at radius 3 is 2.68 bits per heavy atom. The summed E-state index contributed by atoms with van der Waals surface area (Å²) in [7, 11) is 0. The highest BCUT2D eigenvalue weighted by Gasteiger charge is 2.08. The molecule has 100 valence electrons. The van der Waals surface area contributed by atoms with Gasteiger partial charge in [-0.2, -0.15) is 5.26 Å². The normalized spacial score (nSPS) is 10.7. The van der Waals surface area contributed by atoms with Gasteiger partial charge in [-0.05, 0) is 30.7 Å². The molecule has 6 heteroatoms. The summed E-state index contributed by atoms with van der Waals surface area (Å²) < 4.78 is 12.7. The Labute approximate surface area is 110 Å². The first-order valence-corrected chi connectivity index (χ1v) is 5.69. The van der Waals surface area contributed by atoms with Crippen molar-refractivity contribution in [3.63, 3.8) is 0 Å². The van der Waals surface area contributed by atoms with Gasteiger partial charge in [0.25, 0.3) is 5.91 Å². The maximum atomic E-state index is 12.7. The van der Waals surface area contributed by atoms with Gasteiger partial charge in [0.2, 0.25) is 0 Å². The molecule has 1 amide bonds. The third-order valence-electron chi connectivity index (χ3n) is 2.19. The van der Waals surface area contributed by atoms with Crippen molar-refractivity contribution in [2.45, 2.75) is 6.42 Å². The van der Waals surface area contributed by atoms with E-state index < -0.39 is 11.7 Å². The van der Waals surface area contributed by atoms with Gasteiger partial charge in [-0.15, -0.1) is 0 Å². The van der Waals surface area contributed by atoms with Gasteiger partial charge < -0.3 is 15.7 Å². The zero-order valence-corrected chi connectivity index (χ0v) is 10.2. The first-order valence-electron chi connectivity index (χ1n) is 5.69. The van der Waals surface area contributed by atoms with Crippen molar-refractivity contribution in [3.05, 3.63) is 41.9 Å². The predicted molar refractivity (Wildman–Crippen MR) is 68.4 cm³/mol. The standard InChI is InChI=1S/C13H14FN3O2/c14-11-2-4-12(5-3-11)17-13(19)10(8-15)9-16-6-1-7-18/h2-5,9,16,18H,1,6-7H2,(H,17,19)/b10-9-. The molecule has 1 rings (SSSR count). The van der Waals surface area contributed by atoms with Gasteiger partial charge in [-0.3, -0.25) is 4.79 Å². The molecule has 0 aromatic heterocycles. The summed E-state index contributed by atoms with van der Waals surface area (Å²) >= 11 is 0. The lowest BCUT2D eigenvalue weighted by molar-refractivity contribution is -0.112. The number of nitrogens with one attached hydrogen (secondary N) is 2. The highest BCUT2D eigenvalue weighted by Crippen LogP contribution is 2.09. The number of benzene rings is 1. The van der Waals surface area contributed by atoms with Crippen molar-refractivity contribution in [2.24, 2.45) is 0 Å². The van der Waals surface area contributed by atoms with Gasteiger partial charge in [0.05, 0.1) is 0 Å². The van der Waals surface area contributed by atoms with E-state index in [4.69, 9.17) is 10.4 Å². The number of halogens is 1. The van der Waals surface area contributed by atoms with Gasteiger partial charge in [-0.25, -0.2) is 4.39 Å². The molecule has 1 aromatic rings. The molecule has 0 spiro atoms. The number of rotatable bonds is 6. The molecule has 19 heavy (non-hydrogen) atoms. The lowest BCUT2D eigenvalue weighted by Gasteiger charge is -2.04. The van der Waals surface area contributed by atoms with Gasteiger partial charge in [0.15, 0.2) is 0 Å². The predicted octanol–water partition coefficient (Wildman–Crippen LogP) is 1.14.